The molecule has 1 heterocycles. The molecule has 1 aromatic carbocycles. The van der Waals surface area contributed by atoms with Gasteiger partial charge in [-0.3, -0.25) is 4.90 Å². The highest BCUT2D eigenvalue weighted by Gasteiger charge is 2.19. The number of hydrogen-bond acceptors (Lipinski definition) is 2. The van der Waals surface area contributed by atoms with Crippen LogP contribution in [0.15, 0.2) is 24.3 Å². The quantitative estimate of drug-likeness (QED) is 0.845. The molecule has 0 amide bonds. The van der Waals surface area contributed by atoms with Crippen molar-refractivity contribution in [2.75, 3.05) is 13.1 Å². The van der Waals surface area contributed by atoms with Gasteiger partial charge in [0.05, 0.1) is 0 Å². The van der Waals surface area contributed by atoms with Crippen LogP contribution in [0.2, 0.25) is 0 Å². The predicted molar refractivity (Wildman–Crippen MR) is 82.4 cm³/mol. The first-order valence-corrected chi connectivity index (χ1v) is 7.74. The molecule has 1 unspecified atom stereocenters. The van der Waals surface area contributed by atoms with E-state index in [1.165, 1.54) is 37.1 Å². The van der Waals surface area contributed by atoms with Crippen LogP contribution in [-0.2, 0) is 13.0 Å². The van der Waals surface area contributed by atoms with Crippen LogP contribution >= 0.6 is 0 Å². The first kappa shape index (κ1) is 14.5. The second kappa shape index (κ2) is 7.06. The Morgan fingerprint density at radius 2 is 1.89 bits per heavy atom. The van der Waals surface area contributed by atoms with Gasteiger partial charge in [0.15, 0.2) is 0 Å². The molecule has 0 bridgehead atoms. The fourth-order valence-corrected chi connectivity index (χ4v) is 2.77. The van der Waals surface area contributed by atoms with Crippen LogP contribution in [0.3, 0.4) is 0 Å². The number of benzene rings is 1. The Hall–Kier alpha value is -0.860. The average molecular weight is 260 g/mol. The molecule has 2 nitrogen and oxygen atoms in total. The van der Waals surface area contributed by atoms with Gasteiger partial charge in [0, 0.05) is 25.2 Å². The molecule has 1 N–H and O–H groups in total. The van der Waals surface area contributed by atoms with Crippen LogP contribution < -0.4 is 5.32 Å². The molecule has 1 atom stereocenters. The first-order chi connectivity index (χ1) is 9.19. The molecule has 1 aliphatic rings. The van der Waals surface area contributed by atoms with E-state index in [0.717, 1.165) is 13.0 Å². The van der Waals surface area contributed by atoms with Crippen molar-refractivity contribution in [2.45, 2.75) is 58.7 Å². The summed E-state index contributed by atoms with van der Waals surface area (Å²) >= 11 is 0. The number of hydrogen-bond donors (Lipinski definition) is 1. The van der Waals surface area contributed by atoms with Crippen molar-refractivity contribution in [2.24, 2.45) is 0 Å². The number of nitrogens with zero attached hydrogens (tertiary/aromatic N) is 1. The molecular weight excluding hydrogens is 232 g/mol. The van der Waals surface area contributed by atoms with Gasteiger partial charge in [-0.25, -0.2) is 0 Å². The molecule has 1 aliphatic heterocycles. The van der Waals surface area contributed by atoms with E-state index in [4.69, 9.17) is 0 Å². The molecule has 1 saturated heterocycles. The summed E-state index contributed by atoms with van der Waals surface area (Å²) in [4.78, 5) is 2.59. The summed E-state index contributed by atoms with van der Waals surface area (Å²) in [7, 11) is 0. The standard InChI is InChI=1S/C17H28N2/c1-4-15-7-9-16(10-8-15)12-19(14(2)3)13-17-6-5-11-18-17/h7-10,14,17-18H,4-6,11-13H2,1-3H3. The van der Waals surface area contributed by atoms with Gasteiger partial charge in [-0.1, -0.05) is 31.2 Å². The Morgan fingerprint density at radius 3 is 2.42 bits per heavy atom. The normalized spacial score (nSPS) is 19.5. The van der Waals surface area contributed by atoms with Crippen LogP contribution in [0.1, 0.15) is 44.7 Å². The largest absolute Gasteiger partial charge is 0.313 e. The highest BCUT2D eigenvalue weighted by Crippen LogP contribution is 2.14. The van der Waals surface area contributed by atoms with Crippen LogP contribution in [0, 0.1) is 0 Å². The summed E-state index contributed by atoms with van der Waals surface area (Å²) in [5, 5.41) is 3.60. The van der Waals surface area contributed by atoms with Gasteiger partial charge in [-0.05, 0) is 50.8 Å². The van der Waals surface area contributed by atoms with E-state index in [9.17, 15) is 0 Å². The van der Waals surface area contributed by atoms with Gasteiger partial charge in [-0.15, -0.1) is 0 Å². The molecule has 0 radical (unpaired) electrons. The summed E-state index contributed by atoms with van der Waals surface area (Å²) in [5.74, 6) is 0. The zero-order valence-electron chi connectivity index (χ0n) is 12.7. The number of aryl methyl sites for hydroxylation is 1. The second-order valence-electron chi connectivity index (χ2n) is 5.99. The molecule has 106 valence electrons. The van der Waals surface area contributed by atoms with E-state index in [-0.39, 0.29) is 0 Å². The van der Waals surface area contributed by atoms with Crippen molar-refractivity contribution in [1.29, 1.82) is 0 Å². The lowest BCUT2D eigenvalue weighted by Crippen LogP contribution is -2.40. The summed E-state index contributed by atoms with van der Waals surface area (Å²) < 4.78 is 0. The SMILES string of the molecule is CCc1ccc(CN(CC2CCCN2)C(C)C)cc1. The minimum atomic E-state index is 0.605. The Morgan fingerprint density at radius 1 is 1.21 bits per heavy atom. The minimum absolute atomic E-state index is 0.605. The first-order valence-electron chi connectivity index (χ1n) is 7.74. The van der Waals surface area contributed by atoms with Crippen molar-refractivity contribution in [3.63, 3.8) is 0 Å². The topological polar surface area (TPSA) is 15.3 Å². The summed E-state index contributed by atoms with van der Waals surface area (Å²) in [6, 6.07) is 10.4. The maximum atomic E-state index is 3.60. The average Bonchev–Trinajstić information content (AvgIpc) is 2.91. The second-order valence-corrected chi connectivity index (χ2v) is 5.99. The molecule has 0 spiro atoms. The Bertz CT molecular complexity index is 363. The molecule has 1 aromatic rings. The lowest BCUT2D eigenvalue weighted by Gasteiger charge is -2.29. The fraction of sp³-hybridized carbons (Fsp3) is 0.647. The Balaban J connectivity index is 1.94. The molecule has 1 fully saturated rings. The van der Waals surface area contributed by atoms with E-state index >= 15 is 0 Å². The molecule has 2 rings (SSSR count). The highest BCUT2D eigenvalue weighted by molar-refractivity contribution is 5.22. The summed E-state index contributed by atoms with van der Waals surface area (Å²) in [6.07, 6.45) is 3.79. The Kier molecular flexibility index (Phi) is 5.41. The molecule has 19 heavy (non-hydrogen) atoms. The van der Waals surface area contributed by atoms with Crippen LogP contribution in [0.25, 0.3) is 0 Å². The molecular formula is C17H28N2. The summed E-state index contributed by atoms with van der Waals surface area (Å²) in [5.41, 5.74) is 2.86. The van der Waals surface area contributed by atoms with Crippen molar-refractivity contribution in [3.8, 4) is 0 Å². The lowest BCUT2D eigenvalue weighted by atomic mass is 10.1. The number of nitrogens with one attached hydrogen (secondary N) is 1. The van der Waals surface area contributed by atoms with Gasteiger partial charge in [0.2, 0.25) is 0 Å². The smallest absolute Gasteiger partial charge is 0.0237 e. The maximum absolute atomic E-state index is 3.60. The van der Waals surface area contributed by atoms with Crippen molar-refractivity contribution >= 4 is 0 Å². The Labute approximate surface area is 118 Å². The molecule has 0 saturated carbocycles. The summed E-state index contributed by atoms with van der Waals surface area (Å²) in [6.45, 7) is 10.3. The van der Waals surface area contributed by atoms with E-state index in [2.05, 4.69) is 55.3 Å². The number of rotatable bonds is 6. The third-order valence-electron chi connectivity index (χ3n) is 4.16. The zero-order valence-corrected chi connectivity index (χ0v) is 12.7. The fourth-order valence-electron chi connectivity index (χ4n) is 2.77. The van der Waals surface area contributed by atoms with E-state index in [1.807, 2.05) is 0 Å². The van der Waals surface area contributed by atoms with Gasteiger partial charge in [0.1, 0.15) is 0 Å². The van der Waals surface area contributed by atoms with Crippen molar-refractivity contribution < 1.29 is 0 Å². The van der Waals surface area contributed by atoms with Gasteiger partial charge >= 0.3 is 0 Å². The molecule has 2 heteroatoms. The molecule has 0 aliphatic carbocycles. The predicted octanol–water partition coefficient (Wildman–Crippen LogP) is 3.21. The van der Waals surface area contributed by atoms with Crippen LogP contribution in [0.4, 0.5) is 0 Å². The van der Waals surface area contributed by atoms with E-state index in [1.54, 1.807) is 0 Å². The van der Waals surface area contributed by atoms with E-state index in [0.29, 0.717) is 12.1 Å². The third kappa shape index (κ3) is 4.32. The van der Waals surface area contributed by atoms with Gasteiger partial charge in [-0.2, -0.15) is 0 Å². The lowest BCUT2D eigenvalue weighted by molar-refractivity contribution is 0.194. The van der Waals surface area contributed by atoms with Gasteiger partial charge < -0.3 is 5.32 Å². The van der Waals surface area contributed by atoms with Crippen LogP contribution in [-0.4, -0.2) is 30.1 Å². The van der Waals surface area contributed by atoms with Crippen molar-refractivity contribution in [3.05, 3.63) is 35.4 Å². The monoisotopic (exact) mass is 260 g/mol. The highest BCUT2D eigenvalue weighted by atomic mass is 15.2. The third-order valence-corrected chi connectivity index (χ3v) is 4.16. The zero-order chi connectivity index (χ0) is 13.7. The molecule has 0 aromatic heterocycles. The van der Waals surface area contributed by atoms with Gasteiger partial charge in [0.25, 0.3) is 0 Å². The van der Waals surface area contributed by atoms with E-state index < -0.39 is 0 Å². The van der Waals surface area contributed by atoms with Crippen molar-refractivity contribution in [1.82, 2.24) is 10.2 Å². The maximum Gasteiger partial charge on any atom is 0.0237 e. The van der Waals surface area contributed by atoms with Crippen LogP contribution in [0.5, 0.6) is 0 Å². The minimum Gasteiger partial charge on any atom is -0.313 e.